The van der Waals surface area contributed by atoms with Gasteiger partial charge in [-0.25, -0.2) is 4.79 Å². The van der Waals surface area contributed by atoms with E-state index in [2.05, 4.69) is 10.6 Å². The van der Waals surface area contributed by atoms with E-state index in [0.29, 0.717) is 35.9 Å². The number of benzene rings is 2. The Morgan fingerprint density at radius 3 is 2.31 bits per heavy atom. The quantitative estimate of drug-likeness (QED) is 0.353. The summed E-state index contributed by atoms with van der Waals surface area (Å²) in [5.74, 6) is -0.374. The van der Waals surface area contributed by atoms with Crippen LogP contribution in [0.15, 0.2) is 65.9 Å². The second kappa shape index (κ2) is 12.0. The highest BCUT2D eigenvalue weighted by molar-refractivity contribution is 7.80. The Bertz CT molecular complexity index is 1080. The lowest BCUT2D eigenvalue weighted by Crippen LogP contribution is -2.47. The molecule has 2 N–H and O–H groups in total. The van der Waals surface area contributed by atoms with Crippen molar-refractivity contribution in [1.82, 2.24) is 10.2 Å². The van der Waals surface area contributed by atoms with Crippen molar-refractivity contribution >= 4 is 34.9 Å². The predicted octanol–water partition coefficient (Wildman–Crippen LogP) is 5.54. The van der Waals surface area contributed by atoms with Crippen molar-refractivity contribution in [2.24, 2.45) is 5.92 Å². The molecule has 0 spiro atoms. The minimum Gasteiger partial charge on any atom is -0.462 e. The van der Waals surface area contributed by atoms with Crippen LogP contribution < -0.4 is 10.6 Å². The molecule has 35 heavy (non-hydrogen) atoms. The zero-order chi connectivity index (χ0) is 25.5. The van der Waals surface area contributed by atoms with Crippen LogP contribution in [0, 0.1) is 5.92 Å². The molecule has 186 valence electrons. The Morgan fingerprint density at radius 1 is 1.09 bits per heavy atom. The molecule has 0 fully saturated rings. The molecule has 2 aromatic carbocycles. The highest BCUT2D eigenvalue weighted by Crippen LogP contribution is 2.32. The molecule has 6 nitrogen and oxygen atoms in total. The summed E-state index contributed by atoms with van der Waals surface area (Å²) >= 11 is 5.57. The summed E-state index contributed by atoms with van der Waals surface area (Å²) < 4.78 is 5.59. The van der Waals surface area contributed by atoms with Gasteiger partial charge in [0.05, 0.1) is 24.1 Å². The fraction of sp³-hybridized carbons (Fsp3) is 0.393. The highest BCUT2D eigenvalue weighted by atomic mass is 32.1. The first-order chi connectivity index (χ1) is 16.8. The van der Waals surface area contributed by atoms with Crippen LogP contribution in [0.5, 0.6) is 0 Å². The topological polar surface area (TPSA) is 70.7 Å². The average Bonchev–Trinajstić information content (AvgIpc) is 2.84. The number of nitrogens with zero attached hydrogens (tertiary/aromatic N) is 1. The normalized spacial score (nSPS) is 16.7. The van der Waals surface area contributed by atoms with Crippen molar-refractivity contribution < 1.29 is 14.3 Å². The molecular weight excluding hydrogens is 458 g/mol. The van der Waals surface area contributed by atoms with Crippen molar-refractivity contribution in [3.8, 4) is 0 Å². The average molecular weight is 494 g/mol. The molecule has 1 aliphatic rings. The Morgan fingerprint density at radius 2 is 1.74 bits per heavy atom. The third kappa shape index (κ3) is 6.28. The first-order valence-electron chi connectivity index (χ1n) is 12.2. The number of esters is 1. The van der Waals surface area contributed by atoms with Gasteiger partial charge in [-0.3, -0.25) is 4.79 Å². The number of ether oxygens (including phenoxy) is 1. The summed E-state index contributed by atoms with van der Waals surface area (Å²) in [6, 6.07) is 16.9. The first-order valence-corrected chi connectivity index (χ1v) is 12.6. The van der Waals surface area contributed by atoms with Crippen molar-refractivity contribution in [3.05, 3.63) is 77.0 Å². The van der Waals surface area contributed by atoms with Crippen molar-refractivity contribution in [2.45, 2.75) is 53.0 Å². The molecule has 0 saturated carbocycles. The molecule has 7 heteroatoms. The van der Waals surface area contributed by atoms with Crippen LogP contribution in [0.25, 0.3) is 0 Å². The van der Waals surface area contributed by atoms with E-state index in [1.165, 1.54) is 0 Å². The Balaban J connectivity index is 1.83. The number of hydrogen-bond acceptors (Lipinski definition) is 4. The predicted molar refractivity (Wildman–Crippen MR) is 144 cm³/mol. The van der Waals surface area contributed by atoms with E-state index < -0.39 is 6.04 Å². The summed E-state index contributed by atoms with van der Waals surface area (Å²) in [5.41, 5.74) is 3.90. The molecule has 1 amide bonds. The van der Waals surface area contributed by atoms with Gasteiger partial charge in [0.2, 0.25) is 5.91 Å². The molecule has 0 unspecified atom stereocenters. The van der Waals surface area contributed by atoms with Gasteiger partial charge in [-0.05, 0) is 61.7 Å². The van der Waals surface area contributed by atoms with Crippen molar-refractivity contribution in [1.29, 1.82) is 0 Å². The van der Waals surface area contributed by atoms with E-state index in [0.717, 1.165) is 16.8 Å². The SMILES string of the molecule is CC[C@H](C(=O)Nc1ccc([C@@H]2NC(=S)N(CC)C(C)=C2C(=O)OCC(C)C)cc1)c1ccccc1. The molecule has 3 rings (SSSR count). The first kappa shape index (κ1) is 26.4. The van der Waals surface area contributed by atoms with Crippen LogP contribution in [0.3, 0.4) is 0 Å². The lowest BCUT2D eigenvalue weighted by Gasteiger charge is -2.37. The molecule has 0 aliphatic carbocycles. The second-order valence-corrected chi connectivity index (χ2v) is 9.49. The molecule has 1 heterocycles. The van der Waals surface area contributed by atoms with Crippen LogP contribution in [-0.4, -0.2) is 35.0 Å². The fourth-order valence-electron chi connectivity index (χ4n) is 4.24. The monoisotopic (exact) mass is 493 g/mol. The van der Waals surface area contributed by atoms with E-state index in [1.54, 1.807) is 0 Å². The summed E-state index contributed by atoms with van der Waals surface area (Å²) in [6.45, 7) is 10.9. The van der Waals surface area contributed by atoms with Gasteiger partial charge >= 0.3 is 5.97 Å². The standard InChI is InChI=1S/C28H35N3O3S/c1-6-23(20-11-9-8-10-12-20)26(32)29-22-15-13-21(14-16-22)25-24(27(33)34-17-18(3)4)19(5)31(7-2)28(35)30-25/h8-16,18,23,25H,6-7,17H2,1-5H3,(H,29,32)(H,30,35)/t23-,25-/m0/s1. The van der Waals surface area contributed by atoms with Crippen LogP contribution >= 0.6 is 12.2 Å². The number of thiocarbonyl (C=S) groups is 1. The van der Waals surface area contributed by atoms with Gasteiger partial charge in [-0.15, -0.1) is 0 Å². The van der Waals surface area contributed by atoms with Crippen LogP contribution in [0.4, 0.5) is 5.69 Å². The number of hydrogen-bond donors (Lipinski definition) is 2. The van der Waals surface area contributed by atoms with E-state index in [9.17, 15) is 9.59 Å². The van der Waals surface area contributed by atoms with E-state index in [4.69, 9.17) is 17.0 Å². The fourth-order valence-corrected chi connectivity index (χ4v) is 4.63. The smallest absolute Gasteiger partial charge is 0.338 e. The maximum absolute atomic E-state index is 13.1. The van der Waals surface area contributed by atoms with Crippen LogP contribution in [0.2, 0.25) is 0 Å². The number of amides is 1. The summed E-state index contributed by atoms with van der Waals surface area (Å²) in [6.07, 6.45) is 0.706. The molecule has 0 aromatic heterocycles. The molecule has 0 saturated heterocycles. The zero-order valence-electron chi connectivity index (χ0n) is 21.1. The summed E-state index contributed by atoms with van der Waals surface area (Å²) in [4.78, 5) is 27.9. The van der Waals surface area contributed by atoms with Gasteiger partial charge in [0.15, 0.2) is 5.11 Å². The van der Waals surface area contributed by atoms with Gasteiger partial charge < -0.3 is 20.3 Å². The highest BCUT2D eigenvalue weighted by Gasteiger charge is 2.34. The second-order valence-electron chi connectivity index (χ2n) is 9.10. The molecule has 2 aromatic rings. The number of anilines is 1. The lowest BCUT2D eigenvalue weighted by atomic mass is 9.94. The Labute approximate surface area is 213 Å². The molecule has 1 aliphatic heterocycles. The van der Waals surface area contributed by atoms with Gasteiger partial charge in [0.1, 0.15) is 0 Å². The zero-order valence-corrected chi connectivity index (χ0v) is 21.9. The van der Waals surface area contributed by atoms with E-state index in [1.807, 2.05) is 94.1 Å². The number of allylic oxidation sites excluding steroid dienone is 1. The number of rotatable bonds is 9. The number of carbonyl (C=O) groups excluding carboxylic acids is 2. The van der Waals surface area contributed by atoms with E-state index >= 15 is 0 Å². The number of carbonyl (C=O) groups is 2. The summed E-state index contributed by atoms with van der Waals surface area (Å²) in [5, 5.41) is 6.90. The third-order valence-corrected chi connectivity index (χ3v) is 6.46. The lowest BCUT2D eigenvalue weighted by molar-refractivity contribution is -0.140. The van der Waals surface area contributed by atoms with Gasteiger partial charge in [0.25, 0.3) is 0 Å². The minimum absolute atomic E-state index is 0.0456. The number of nitrogens with one attached hydrogen (secondary N) is 2. The van der Waals surface area contributed by atoms with Crippen LogP contribution in [-0.2, 0) is 14.3 Å². The Kier molecular flexibility index (Phi) is 9.04. The summed E-state index contributed by atoms with van der Waals surface area (Å²) in [7, 11) is 0. The van der Waals surface area contributed by atoms with Gasteiger partial charge in [0, 0.05) is 17.9 Å². The molecule has 2 atom stereocenters. The maximum atomic E-state index is 13.1. The van der Waals surface area contributed by atoms with Gasteiger partial charge in [-0.2, -0.15) is 0 Å². The third-order valence-electron chi connectivity index (χ3n) is 6.12. The molecule has 0 bridgehead atoms. The minimum atomic E-state index is -0.428. The van der Waals surface area contributed by atoms with Crippen molar-refractivity contribution in [3.63, 3.8) is 0 Å². The molecular formula is C28H35N3O3S. The van der Waals surface area contributed by atoms with Crippen molar-refractivity contribution in [2.75, 3.05) is 18.5 Å². The maximum Gasteiger partial charge on any atom is 0.338 e. The largest absolute Gasteiger partial charge is 0.462 e. The Hall–Kier alpha value is -3.19. The van der Waals surface area contributed by atoms with Gasteiger partial charge in [-0.1, -0.05) is 63.2 Å². The van der Waals surface area contributed by atoms with E-state index in [-0.39, 0.29) is 23.7 Å². The molecule has 0 radical (unpaired) electrons. The van der Waals surface area contributed by atoms with Crippen LogP contribution in [0.1, 0.15) is 64.1 Å².